The standard InChI is InChI=1S/C16H25N3O2/c1-12-6-8-19(11-15(12)20)9-7-16(21)18-14-4-2-13(10-17)3-5-14/h2-5,12,15,20H,6-11,17H2,1H3,(H,18,21). The van der Waals surface area contributed by atoms with Crippen LogP contribution in [0.3, 0.4) is 0 Å². The van der Waals surface area contributed by atoms with Gasteiger partial charge in [0.1, 0.15) is 0 Å². The molecule has 1 fully saturated rings. The van der Waals surface area contributed by atoms with Crippen LogP contribution < -0.4 is 11.1 Å². The average Bonchev–Trinajstić information content (AvgIpc) is 2.49. The molecule has 2 atom stereocenters. The second-order valence-electron chi connectivity index (χ2n) is 5.83. The van der Waals surface area contributed by atoms with Gasteiger partial charge in [-0.2, -0.15) is 0 Å². The van der Waals surface area contributed by atoms with Gasteiger partial charge >= 0.3 is 0 Å². The predicted molar refractivity (Wildman–Crippen MR) is 83.8 cm³/mol. The van der Waals surface area contributed by atoms with Gasteiger partial charge in [-0.1, -0.05) is 19.1 Å². The van der Waals surface area contributed by atoms with Crippen molar-refractivity contribution in [3.8, 4) is 0 Å². The van der Waals surface area contributed by atoms with E-state index in [1.165, 1.54) is 0 Å². The summed E-state index contributed by atoms with van der Waals surface area (Å²) in [5, 5.41) is 12.7. The Morgan fingerprint density at radius 1 is 1.43 bits per heavy atom. The number of hydrogen-bond acceptors (Lipinski definition) is 4. The maximum atomic E-state index is 11.9. The SMILES string of the molecule is CC1CCN(CCC(=O)Nc2ccc(CN)cc2)CC1O. The molecule has 1 saturated heterocycles. The van der Waals surface area contributed by atoms with Crippen molar-refractivity contribution in [1.29, 1.82) is 0 Å². The van der Waals surface area contributed by atoms with Crippen LogP contribution in [0.25, 0.3) is 0 Å². The van der Waals surface area contributed by atoms with E-state index in [0.29, 0.717) is 32.0 Å². The van der Waals surface area contributed by atoms with Crippen LogP contribution >= 0.6 is 0 Å². The Morgan fingerprint density at radius 2 is 2.14 bits per heavy atom. The van der Waals surface area contributed by atoms with Gasteiger partial charge < -0.3 is 21.1 Å². The summed E-state index contributed by atoms with van der Waals surface area (Å²) in [5.41, 5.74) is 7.38. The zero-order valence-corrected chi connectivity index (χ0v) is 12.6. The Hall–Kier alpha value is -1.43. The van der Waals surface area contributed by atoms with Gasteiger partial charge in [0.25, 0.3) is 0 Å². The van der Waals surface area contributed by atoms with Gasteiger partial charge in [-0.05, 0) is 36.6 Å². The molecule has 0 aromatic heterocycles. The highest BCUT2D eigenvalue weighted by Crippen LogP contribution is 2.17. The highest BCUT2D eigenvalue weighted by molar-refractivity contribution is 5.90. The maximum absolute atomic E-state index is 11.9. The summed E-state index contributed by atoms with van der Waals surface area (Å²) in [5.74, 6) is 0.361. The minimum Gasteiger partial charge on any atom is -0.392 e. The van der Waals surface area contributed by atoms with Crippen molar-refractivity contribution in [3.63, 3.8) is 0 Å². The first-order chi connectivity index (χ1) is 10.1. The van der Waals surface area contributed by atoms with Gasteiger partial charge in [0, 0.05) is 31.7 Å². The molecular weight excluding hydrogens is 266 g/mol. The van der Waals surface area contributed by atoms with E-state index in [-0.39, 0.29) is 12.0 Å². The Balaban J connectivity index is 1.74. The number of anilines is 1. The highest BCUT2D eigenvalue weighted by Gasteiger charge is 2.24. The number of likely N-dealkylation sites (tertiary alicyclic amines) is 1. The quantitative estimate of drug-likeness (QED) is 0.761. The minimum atomic E-state index is -0.273. The number of β-amino-alcohol motifs (C(OH)–C–C–N with tert-alkyl or cyclic N) is 1. The van der Waals surface area contributed by atoms with Crippen LogP contribution in [0.15, 0.2) is 24.3 Å². The van der Waals surface area contributed by atoms with E-state index in [9.17, 15) is 9.90 Å². The van der Waals surface area contributed by atoms with Crippen LogP contribution in [0.1, 0.15) is 25.3 Å². The molecule has 116 valence electrons. The number of aliphatic hydroxyl groups is 1. The number of piperidine rings is 1. The van der Waals surface area contributed by atoms with Gasteiger partial charge in [0.15, 0.2) is 0 Å². The molecule has 4 N–H and O–H groups in total. The van der Waals surface area contributed by atoms with Gasteiger partial charge in [0.05, 0.1) is 6.10 Å². The molecule has 0 bridgehead atoms. The fourth-order valence-electron chi connectivity index (χ4n) is 2.52. The maximum Gasteiger partial charge on any atom is 0.225 e. The number of nitrogens with one attached hydrogen (secondary N) is 1. The second kappa shape index (κ2) is 7.54. The topological polar surface area (TPSA) is 78.6 Å². The lowest BCUT2D eigenvalue weighted by atomic mass is 9.96. The van der Waals surface area contributed by atoms with Crippen molar-refractivity contribution in [1.82, 2.24) is 4.90 Å². The van der Waals surface area contributed by atoms with E-state index in [2.05, 4.69) is 17.1 Å². The van der Waals surface area contributed by atoms with Crippen LogP contribution in [0.5, 0.6) is 0 Å². The first-order valence-corrected chi connectivity index (χ1v) is 7.57. The van der Waals surface area contributed by atoms with Crippen molar-refractivity contribution in [3.05, 3.63) is 29.8 Å². The molecule has 0 spiro atoms. The van der Waals surface area contributed by atoms with Crippen LogP contribution in [-0.4, -0.2) is 41.7 Å². The van der Waals surface area contributed by atoms with E-state index >= 15 is 0 Å². The van der Waals surface area contributed by atoms with E-state index in [1.54, 1.807) is 0 Å². The number of benzene rings is 1. The normalized spacial score (nSPS) is 23.0. The first kappa shape index (κ1) is 15.9. The van der Waals surface area contributed by atoms with Crippen LogP contribution in [-0.2, 0) is 11.3 Å². The lowest BCUT2D eigenvalue weighted by molar-refractivity contribution is -0.116. The molecule has 1 amide bonds. The number of nitrogens with zero attached hydrogens (tertiary/aromatic N) is 1. The predicted octanol–water partition coefficient (Wildman–Crippen LogP) is 1.18. The summed E-state index contributed by atoms with van der Waals surface area (Å²) in [7, 11) is 0. The Bertz CT molecular complexity index is 461. The lowest BCUT2D eigenvalue weighted by Gasteiger charge is -2.34. The van der Waals surface area contributed by atoms with E-state index in [0.717, 1.165) is 24.2 Å². The Labute approximate surface area is 126 Å². The molecule has 5 heteroatoms. The second-order valence-corrected chi connectivity index (χ2v) is 5.83. The molecule has 5 nitrogen and oxygen atoms in total. The molecule has 1 aromatic carbocycles. The number of hydrogen-bond donors (Lipinski definition) is 3. The number of carbonyl (C=O) groups excluding carboxylic acids is 1. The fourth-order valence-corrected chi connectivity index (χ4v) is 2.52. The van der Waals surface area contributed by atoms with Crippen molar-refractivity contribution < 1.29 is 9.90 Å². The first-order valence-electron chi connectivity index (χ1n) is 7.57. The fraction of sp³-hybridized carbons (Fsp3) is 0.562. The molecule has 2 rings (SSSR count). The van der Waals surface area contributed by atoms with Crippen molar-refractivity contribution >= 4 is 11.6 Å². The summed E-state index contributed by atoms with van der Waals surface area (Å²) >= 11 is 0. The van der Waals surface area contributed by atoms with Crippen molar-refractivity contribution in [2.45, 2.75) is 32.4 Å². The number of carbonyl (C=O) groups is 1. The summed E-state index contributed by atoms with van der Waals surface area (Å²) in [4.78, 5) is 14.1. The third-order valence-corrected chi connectivity index (χ3v) is 4.13. The Kier molecular flexibility index (Phi) is 5.73. The third kappa shape index (κ3) is 4.81. The van der Waals surface area contributed by atoms with Gasteiger partial charge in [-0.3, -0.25) is 4.79 Å². The number of rotatable bonds is 5. The molecule has 1 aromatic rings. The van der Waals surface area contributed by atoms with Crippen molar-refractivity contribution in [2.24, 2.45) is 11.7 Å². The van der Waals surface area contributed by atoms with E-state index < -0.39 is 0 Å². The van der Waals surface area contributed by atoms with Crippen LogP contribution in [0.2, 0.25) is 0 Å². The number of nitrogens with two attached hydrogens (primary N) is 1. The van der Waals surface area contributed by atoms with Gasteiger partial charge in [-0.25, -0.2) is 0 Å². The molecule has 0 radical (unpaired) electrons. The lowest BCUT2D eigenvalue weighted by Crippen LogP contribution is -2.43. The third-order valence-electron chi connectivity index (χ3n) is 4.13. The van der Waals surface area contributed by atoms with Crippen LogP contribution in [0.4, 0.5) is 5.69 Å². The minimum absolute atomic E-state index is 0.00334. The average molecular weight is 291 g/mol. The smallest absolute Gasteiger partial charge is 0.225 e. The molecule has 1 aliphatic heterocycles. The number of aliphatic hydroxyl groups excluding tert-OH is 1. The summed E-state index contributed by atoms with van der Waals surface area (Å²) in [6.07, 6.45) is 1.16. The molecule has 0 aliphatic carbocycles. The summed E-state index contributed by atoms with van der Waals surface area (Å²) in [6.45, 7) is 4.89. The molecular formula is C16H25N3O2. The molecule has 1 aliphatic rings. The highest BCUT2D eigenvalue weighted by atomic mass is 16.3. The molecule has 2 unspecified atom stereocenters. The van der Waals surface area contributed by atoms with Crippen LogP contribution in [0, 0.1) is 5.92 Å². The van der Waals surface area contributed by atoms with Gasteiger partial charge in [-0.15, -0.1) is 0 Å². The van der Waals surface area contributed by atoms with Crippen molar-refractivity contribution in [2.75, 3.05) is 25.0 Å². The summed E-state index contributed by atoms with van der Waals surface area (Å²) < 4.78 is 0. The number of amides is 1. The zero-order chi connectivity index (χ0) is 15.2. The van der Waals surface area contributed by atoms with E-state index in [4.69, 9.17) is 5.73 Å². The summed E-state index contributed by atoms with van der Waals surface area (Å²) in [6, 6.07) is 7.56. The molecule has 21 heavy (non-hydrogen) atoms. The monoisotopic (exact) mass is 291 g/mol. The largest absolute Gasteiger partial charge is 0.392 e. The van der Waals surface area contributed by atoms with Gasteiger partial charge in [0.2, 0.25) is 5.91 Å². The Morgan fingerprint density at radius 3 is 2.76 bits per heavy atom. The zero-order valence-electron chi connectivity index (χ0n) is 12.6. The molecule has 1 heterocycles. The molecule has 0 saturated carbocycles. The van der Waals surface area contributed by atoms with E-state index in [1.807, 2.05) is 24.3 Å².